The number of aromatic nitrogens is 1. The first-order valence-electron chi connectivity index (χ1n) is 5.48. The summed E-state index contributed by atoms with van der Waals surface area (Å²) < 4.78 is 5.33. The minimum atomic E-state index is -0.899. The molecule has 0 bridgehead atoms. The molecule has 4 heteroatoms. The molecule has 1 rings (SSSR count). The molecule has 0 saturated carbocycles. The summed E-state index contributed by atoms with van der Waals surface area (Å²) in [6, 6.07) is 5.49. The summed E-state index contributed by atoms with van der Waals surface area (Å²) in [5, 5.41) is 8.93. The van der Waals surface area contributed by atoms with Crippen LogP contribution in [0.3, 0.4) is 0 Å². The molecule has 0 aliphatic rings. The van der Waals surface area contributed by atoms with Crippen molar-refractivity contribution in [2.24, 2.45) is 0 Å². The van der Waals surface area contributed by atoms with E-state index in [1.54, 1.807) is 6.20 Å². The highest BCUT2D eigenvalue weighted by Gasteiger charge is 2.17. The van der Waals surface area contributed by atoms with E-state index in [0.717, 1.165) is 18.5 Å². The Morgan fingerprint density at radius 2 is 2.38 bits per heavy atom. The average Bonchev–Trinajstić information content (AvgIpc) is 2.30. The summed E-state index contributed by atoms with van der Waals surface area (Å²) >= 11 is 0. The minimum absolute atomic E-state index is 0.252. The van der Waals surface area contributed by atoms with Crippen LogP contribution in [0.4, 0.5) is 0 Å². The first-order chi connectivity index (χ1) is 7.74. The van der Waals surface area contributed by atoms with Crippen LogP contribution in [0, 0.1) is 0 Å². The van der Waals surface area contributed by atoms with E-state index in [2.05, 4.69) is 4.98 Å². The Morgan fingerprint density at radius 1 is 1.56 bits per heavy atom. The molecular weight excluding hydrogens is 206 g/mol. The van der Waals surface area contributed by atoms with E-state index in [9.17, 15) is 4.79 Å². The van der Waals surface area contributed by atoms with Gasteiger partial charge in [0.25, 0.3) is 0 Å². The van der Waals surface area contributed by atoms with Crippen molar-refractivity contribution in [3.05, 3.63) is 30.1 Å². The SMILES string of the molecule is CCCCC(OCc1ccccn1)C(=O)O. The zero-order valence-electron chi connectivity index (χ0n) is 9.43. The van der Waals surface area contributed by atoms with Crippen LogP contribution in [-0.2, 0) is 16.1 Å². The number of unbranched alkanes of at least 4 members (excludes halogenated alkanes) is 1. The fourth-order valence-electron chi connectivity index (χ4n) is 1.34. The van der Waals surface area contributed by atoms with Gasteiger partial charge in [0, 0.05) is 6.20 Å². The van der Waals surface area contributed by atoms with Gasteiger partial charge in [0.2, 0.25) is 0 Å². The molecule has 1 unspecified atom stereocenters. The third-order valence-electron chi connectivity index (χ3n) is 2.25. The third kappa shape index (κ3) is 4.40. The van der Waals surface area contributed by atoms with Crippen LogP contribution in [0.15, 0.2) is 24.4 Å². The Bertz CT molecular complexity index is 313. The van der Waals surface area contributed by atoms with Crippen molar-refractivity contribution in [2.45, 2.75) is 38.9 Å². The van der Waals surface area contributed by atoms with Gasteiger partial charge in [-0.2, -0.15) is 0 Å². The number of carboxylic acids is 1. The van der Waals surface area contributed by atoms with Crippen molar-refractivity contribution in [2.75, 3.05) is 0 Å². The number of hydrogen-bond acceptors (Lipinski definition) is 3. The largest absolute Gasteiger partial charge is 0.479 e. The molecule has 4 nitrogen and oxygen atoms in total. The van der Waals surface area contributed by atoms with Crippen molar-refractivity contribution >= 4 is 5.97 Å². The number of ether oxygens (including phenoxy) is 1. The molecule has 0 fully saturated rings. The second kappa shape index (κ2) is 6.95. The van der Waals surface area contributed by atoms with Crippen molar-refractivity contribution in [1.29, 1.82) is 0 Å². The van der Waals surface area contributed by atoms with Gasteiger partial charge in [-0.25, -0.2) is 4.79 Å². The second-order valence-corrected chi connectivity index (χ2v) is 3.60. The van der Waals surface area contributed by atoms with Crippen LogP contribution in [0.2, 0.25) is 0 Å². The quantitative estimate of drug-likeness (QED) is 0.770. The maximum Gasteiger partial charge on any atom is 0.332 e. The number of carbonyl (C=O) groups is 1. The van der Waals surface area contributed by atoms with Crippen molar-refractivity contribution in [1.82, 2.24) is 4.98 Å². The van der Waals surface area contributed by atoms with Gasteiger partial charge in [0.1, 0.15) is 0 Å². The summed E-state index contributed by atoms with van der Waals surface area (Å²) in [5.41, 5.74) is 0.755. The fourth-order valence-corrected chi connectivity index (χ4v) is 1.34. The molecule has 0 aliphatic carbocycles. The fraction of sp³-hybridized carbons (Fsp3) is 0.500. The summed E-state index contributed by atoms with van der Waals surface area (Å²) in [7, 11) is 0. The monoisotopic (exact) mass is 223 g/mol. The van der Waals surface area contributed by atoms with Crippen molar-refractivity contribution < 1.29 is 14.6 Å². The topological polar surface area (TPSA) is 59.4 Å². The van der Waals surface area contributed by atoms with Gasteiger partial charge in [-0.1, -0.05) is 25.8 Å². The maximum absolute atomic E-state index is 10.9. The highest BCUT2D eigenvalue weighted by atomic mass is 16.5. The Labute approximate surface area is 95.3 Å². The van der Waals surface area contributed by atoms with Gasteiger partial charge >= 0.3 is 5.97 Å². The first kappa shape index (κ1) is 12.6. The lowest BCUT2D eigenvalue weighted by molar-refractivity contribution is -0.151. The molecule has 0 aliphatic heterocycles. The summed E-state index contributed by atoms with van der Waals surface area (Å²) in [6.45, 7) is 2.28. The second-order valence-electron chi connectivity index (χ2n) is 3.60. The molecule has 1 heterocycles. The molecule has 1 N–H and O–H groups in total. The van der Waals surface area contributed by atoms with Crippen molar-refractivity contribution in [3.8, 4) is 0 Å². The zero-order valence-corrected chi connectivity index (χ0v) is 9.43. The van der Waals surface area contributed by atoms with Gasteiger partial charge in [0.05, 0.1) is 12.3 Å². The maximum atomic E-state index is 10.9. The zero-order chi connectivity index (χ0) is 11.8. The van der Waals surface area contributed by atoms with E-state index >= 15 is 0 Å². The van der Waals surface area contributed by atoms with Crippen molar-refractivity contribution in [3.63, 3.8) is 0 Å². The number of carboxylic acid groups (broad SMARTS) is 1. The predicted molar refractivity (Wildman–Crippen MR) is 60.0 cm³/mol. The van der Waals surface area contributed by atoms with E-state index in [-0.39, 0.29) is 6.61 Å². The van der Waals surface area contributed by atoms with E-state index in [4.69, 9.17) is 9.84 Å². The van der Waals surface area contributed by atoms with E-state index in [0.29, 0.717) is 6.42 Å². The Balaban J connectivity index is 2.41. The lowest BCUT2D eigenvalue weighted by Gasteiger charge is -2.12. The number of rotatable bonds is 7. The standard InChI is InChI=1S/C12H17NO3/c1-2-3-7-11(12(14)15)16-9-10-6-4-5-8-13-10/h4-6,8,11H,2-3,7,9H2,1H3,(H,14,15). The summed E-state index contributed by atoms with van der Waals surface area (Å²) in [5.74, 6) is -0.899. The molecule has 16 heavy (non-hydrogen) atoms. The van der Waals surface area contributed by atoms with Gasteiger partial charge in [-0.3, -0.25) is 4.98 Å². The van der Waals surface area contributed by atoms with Crippen LogP contribution in [0.1, 0.15) is 31.9 Å². The molecule has 0 radical (unpaired) electrons. The minimum Gasteiger partial charge on any atom is -0.479 e. The smallest absolute Gasteiger partial charge is 0.332 e. The molecule has 1 atom stereocenters. The predicted octanol–water partition coefficient (Wildman–Crippen LogP) is 2.24. The number of pyridine rings is 1. The first-order valence-corrected chi connectivity index (χ1v) is 5.48. The molecule has 1 aromatic heterocycles. The Kier molecular flexibility index (Phi) is 5.50. The number of hydrogen-bond donors (Lipinski definition) is 1. The Morgan fingerprint density at radius 3 is 2.94 bits per heavy atom. The third-order valence-corrected chi connectivity index (χ3v) is 2.25. The molecule has 1 aromatic rings. The van der Waals surface area contributed by atoms with Gasteiger partial charge in [-0.15, -0.1) is 0 Å². The number of nitrogens with zero attached hydrogens (tertiary/aromatic N) is 1. The molecule has 0 aromatic carbocycles. The molecule has 88 valence electrons. The van der Waals surface area contributed by atoms with Crippen LogP contribution >= 0.6 is 0 Å². The average molecular weight is 223 g/mol. The number of aliphatic carboxylic acids is 1. The van der Waals surface area contributed by atoms with Gasteiger partial charge < -0.3 is 9.84 Å². The van der Waals surface area contributed by atoms with Crippen LogP contribution in [0.25, 0.3) is 0 Å². The lowest BCUT2D eigenvalue weighted by Crippen LogP contribution is -2.23. The molecule has 0 amide bonds. The van der Waals surface area contributed by atoms with E-state index in [1.807, 2.05) is 25.1 Å². The molecular formula is C12H17NO3. The van der Waals surface area contributed by atoms with Crippen LogP contribution < -0.4 is 0 Å². The van der Waals surface area contributed by atoms with Gasteiger partial charge in [-0.05, 0) is 18.6 Å². The highest BCUT2D eigenvalue weighted by Crippen LogP contribution is 2.08. The van der Waals surface area contributed by atoms with E-state index < -0.39 is 12.1 Å². The van der Waals surface area contributed by atoms with Gasteiger partial charge in [0.15, 0.2) is 6.10 Å². The Hall–Kier alpha value is -1.42. The lowest BCUT2D eigenvalue weighted by atomic mass is 10.1. The summed E-state index contributed by atoms with van der Waals surface area (Å²) in [4.78, 5) is 15.0. The molecule has 0 saturated heterocycles. The highest BCUT2D eigenvalue weighted by molar-refractivity contribution is 5.72. The molecule has 0 spiro atoms. The normalized spacial score (nSPS) is 12.3. The van der Waals surface area contributed by atoms with Crippen LogP contribution in [0.5, 0.6) is 0 Å². The van der Waals surface area contributed by atoms with Crippen LogP contribution in [-0.4, -0.2) is 22.2 Å². The van der Waals surface area contributed by atoms with E-state index in [1.165, 1.54) is 0 Å². The summed E-state index contributed by atoms with van der Waals surface area (Å²) in [6.07, 6.45) is 3.33.